The molecule has 9 nitrogen and oxygen atoms in total. The largest absolute Gasteiger partial charge is 0.432 e. The summed E-state index contributed by atoms with van der Waals surface area (Å²) in [5.41, 5.74) is 4.08. The molecule has 45 heavy (non-hydrogen) atoms. The molecule has 0 unspecified atom stereocenters. The molecule has 1 spiro atoms. The predicted octanol–water partition coefficient (Wildman–Crippen LogP) is 4.38. The molecule has 7 rings (SSSR count). The fourth-order valence-corrected chi connectivity index (χ4v) is 10.8. The summed E-state index contributed by atoms with van der Waals surface area (Å²) >= 11 is 0. The molecule has 3 N–H and O–H groups in total. The van der Waals surface area contributed by atoms with Gasteiger partial charge in [0.25, 0.3) is 5.91 Å². The molecule has 0 aromatic heterocycles. The highest BCUT2D eigenvalue weighted by Crippen LogP contribution is 2.59. The number of hydrogen-bond acceptors (Lipinski definition) is 6. The Hall–Kier alpha value is -3.83. The molecular formula is C35H39N3O6Si. The van der Waals surface area contributed by atoms with Crippen LogP contribution >= 0.6 is 0 Å². The number of aryl methyl sites for hydroxylation is 1. The van der Waals surface area contributed by atoms with E-state index in [-0.39, 0.29) is 36.8 Å². The number of fused-ring (bicyclic) bond motifs is 4. The van der Waals surface area contributed by atoms with E-state index < -0.39 is 31.5 Å². The number of para-hydroxylation sites is 1. The van der Waals surface area contributed by atoms with Gasteiger partial charge in [-0.05, 0) is 66.9 Å². The van der Waals surface area contributed by atoms with E-state index in [9.17, 15) is 24.3 Å². The van der Waals surface area contributed by atoms with Crippen molar-refractivity contribution in [2.45, 2.75) is 75.5 Å². The molecule has 3 aromatic rings. The van der Waals surface area contributed by atoms with E-state index in [0.717, 1.165) is 22.4 Å². The fourth-order valence-electron chi connectivity index (χ4n) is 8.27. The van der Waals surface area contributed by atoms with E-state index in [0.29, 0.717) is 42.7 Å². The van der Waals surface area contributed by atoms with Crippen LogP contribution < -0.4 is 10.2 Å². The predicted molar refractivity (Wildman–Crippen MR) is 172 cm³/mol. The second kappa shape index (κ2) is 10.9. The maximum Gasteiger partial charge on any atom is 0.261 e. The molecule has 0 radical (unpaired) electrons. The second-order valence-corrected chi connectivity index (χ2v) is 17.4. The van der Waals surface area contributed by atoms with Crippen LogP contribution in [0.3, 0.4) is 0 Å². The van der Waals surface area contributed by atoms with Crippen molar-refractivity contribution < 1.29 is 29.0 Å². The first-order valence-electron chi connectivity index (χ1n) is 15.8. The van der Waals surface area contributed by atoms with Crippen molar-refractivity contribution in [3.8, 4) is 0 Å². The van der Waals surface area contributed by atoms with Gasteiger partial charge >= 0.3 is 0 Å². The summed E-state index contributed by atoms with van der Waals surface area (Å²) in [6, 6.07) is 20.9. The van der Waals surface area contributed by atoms with Crippen molar-refractivity contribution in [2.75, 3.05) is 16.8 Å². The van der Waals surface area contributed by atoms with Crippen LogP contribution in [0, 0.1) is 5.92 Å². The second-order valence-electron chi connectivity index (χ2n) is 13.4. The highest BCUT2D eigenvalue weighted by atomic mass is 28.4. The van der Waals surface area contributed by atoms with Gasteiger partial charge in [0.15, 0.2) is 13.9 Å². The fraction of sp³-hybridized carbons (Fsp3) is 0.400. The third kappa shape index (κ3) is 4.73. The summed E-state index contributed by atoms with van der Waals surface area (Å²) in [6.45, 7) is 5.81. The SMILES string of the molecule is C[C@@H]1[C@@H]([Si](C)(C)O)[C@H](CC(=O)N2Cc3ccccc3C[C@H]2CO)O[C@@]12C(=O)Nc1ccc(N3C(=O)CCc4ccccc43)cc12. The minimum atomic E-state index is -2.99. The van der Waals surface area contributed by atoms with Crippen LogP contribution in [-0.2, 0) is 44.1 Å². The van der Waals surface area contributed by atoms with Crippen LogP contribution in [0.15, 0.2) is 66.7 Å². The number of aliphatic hydroxyl groups is 1. The first kappa shape index (κ1) is 29.9. The zero-order chi connectivity index (χ0) is 31.7. The van der Waals surface area contributed by atoms with Crippen LogP contribution in [0.2, 0.25) is 18.6 Å². The van der Waals surface area contributed by atoms with E-state index >= 15 is 0 Å². The summed E-state index contributed by atoms with van der Waals surface area (Å²) < 4.78 is 6.79. The van der Waals surface area contributed by atoms with Crippen LogP contribution in [0.5, 0.6) is 0 Å². The third-order valence-electron chi connectivity index (χ3n) is 10.3. The lowest BCUT2D eigenvalue weighted by molar-refractivity contribution is -0.149. The van der Waals surface area contributed by atoms with Crippen molar-refractivity contribution in [1.29, 1.82) is 0 Å². The molecule has 10 heteroatoms. The molecule has 3 amide bonds. The number of benzene rings is 3. The molecule has 4 aliphatic rings. The number of hydrogen-bond donors (Lipinski definition) is 3. The van der Waals surface area contributed by atoms with Gasteiger partial charge in [-0.3, -0.25) is 19.3 Å². The number of carbonyl (C=O) groups is 3. The van der Waals surface area contributed by atoms with Gasteiger partial charge < -0.3 is 24.9 Å². The first-order valence-corrected chi connectivity index (χ1v) is 18.8. The summed E-state index contributed by atoms with van der Waals surface area (Å²) in [5, 5.41) is 13.2. The van der Waals surface area contributed by atoms with E-state index in [1.165, 1.54) is 0 Å². The molecule has 1 saturated heterocycles. The lowest BCUT2D eigenvalue weighted by Crippen LogP contribution is -2.48. The Morgan fingerprint density at radius 3 is 2.47 bits per heavy atom. The lowest BCUT2D eigenvalue weighted by Gasteiger charge is -2.37. The molecule has 0 saturated carbocycles. The van der Waals surface area contributed by atoms with Gasteiger partial charge in [-0.15, -0.1) is 0 Å². The third-order valence-corrected chi connectivity index (χ3v) is 12.8. The lowest BCUT2D eigenvalue weighted by atomic mass is 9.82. The molecule has 4 aliphatic heterocycles. The Bertz CT molecular complexity index is 1700. The minimum absolute atomic E-state index is 0.0211. The van der Waals surface area contributed by atoms with Gasteiger partial charge in [-0.25, -0.2) is 0 Å². The molecule has 5 atom stereocenters. The van der Waals surface area contributed by atoms with Crippen LogP contribution in [0.1, 0.15) is 42.0 Å². The Morgan fingerprint density at radius 2 is 1.73 bits per heavy atom. The number of anilines is 3. The van der Waals surface area contributed by atoms with E-state index in [1.54, 1.807) is 9.80 Å². The maximum atomic E-state index is 14.0. The highest BCUT2D eigenvalue weighted by molar-refractivity contribution is 6.71. The summed E-state index contributed by atoms with van der Waals surface area (Å²) in [5.74, 6) is -0.972. The van der Waals surface area contributed by atoms with Gasteiger partial charge in [0.1, 0.15) is 0 Å². The monoisotopic (exact) mass is 625 g/mol. The van der Waals surface area contributed by atoms with Crippen molar-refractivity contribution in [2.24, 2.45) is 5.92 Å². The summed E-state index contributed by atoms with van der Waals surface area (Å²) in [7, 11) is -2.99. The quantitative estimate of drug-likeness (QED) is 0.362. The van der Waals surface area contributed by atoms with E-state index in [4.69, 9.17) is 4.74 Å². The highest BCUT2D eigenvalue weighted by Gasteiger charge is 2.65. The van der Waals surface area contributed by atoms with Gasteiger partial charge in [-0.2, -0.15) is 0 Å². The number of ether oxygens (including phenoxy) is 1. The maximum absolute atomic E-state index is 14.0. The Balaban J connectivity index is 1.24. The van der Waals surface area contributed by atoms with Gasteiger partial charge in [0.2, 0.25) is 11.8 Å². The zero-order valence-corrected chi connectivity index (χ0v) is 26.8. The van der Waals surface area contributed by atoms with Crippen LogP contribution in [0.4, 0.5) is 17.1 Å². The standard InChI is InChI=1S/C35H39N3O6Si/c1-21-33(45(2,3)43)30(18-32(41)37-19-24-10-5-4-9-23(24)16-26(37)20-39)44-35(21)27-17-25(13-14-28(27)36-34(35)42)38-29-11-7-6-8-22(29)12-15-31(38)40/h4-11,13-14,17,21,26,30,33,39,43H,12,15-16,18-20H2,1-3H3,(H,36,42)/t21-,26+,30+,33-,35+/m1/s1. The molecule has 0 bridgehead atoms. The molecule has 3 aromatic carbocycles. The Kier molecular flexibility index (Phi) is 7.24. The number of carbonyl (C=O) groups excluding carboxylic acids is 3. The van der Waals surface area contributed by atoms with E-state index in [1.807, 2.05) is 86.7 Å². The topological polar surface area (TPSA) is 119 Å². The first-order chi connectivity index (χ1) is 21.5. The number of aliphatic hydroxyl groups excluding tert-OH is 1. The summed E-state index contributed by atoms with van der Waals surface area (Å²) in [6.07, 6.45) is 0.884. The number of nitrogens with zero attached hydrogens (tertiary/aromatic N) is 2. The van der Waals surface area contributed by atoms with Gasteiger partial charge in [0, 0.05) is 41.4 Å². The molecule has 1 fully saturated rings. The van der Waals surface area contributed by atoms with Crippen molar-refractivity contribution in [1.82, 2.24) is 4.90 Å². The van der Waals surface area contributed by atoms with E-state index in [2.05, 4.69) is 5.32 Å². The van der Waals surface area contributed by atoms with Crippen molar-refractivity contribution in [3.05, 3.63) is 89.0 Å². The molecule has 4 heterocycles. The van der Waals surface area contributed by atoms with Crippen LogP contribution in [0.25, 0.3) is 0 Å². The normalized spacial score (nSPS) is 27.3. The summed E-state index contributed by atoms with van der Waals surface area (Å²) in [4.78, 5) is 56.2. The number of rotatable bonds is 5. The average Bonchev–Trinajstić information content (AvgIpc) is 3.48. The smallest absolute Gasteiger partial charge is 0.261 e. The molecule has 234 valence electrons. The zero-order valence-electron chi connectivity index (χ0n) is 25.8. The average molecular weight is 626 g/mol. The number of nitrogens with one attached hydrogen (secondary N) is 1. The van der Waals surface area contributed by atoms with Gasteiger partial charge in [0.05, 0.1) is 30.9 Å². The van der Waals surface area contributed by atoms with Crippen LogP contribution in [-0.4, -0.2) is 59.6 Å². The molecular weight excluding hydrogens is 586 g/mol. The Labute approximate surface area is 263 Å². The van der Waals surface area contributed by atoms with Crippen molar-refractivity contribution in [3.63, 3.8) is 0 Å². The van der Waals surface area contributed by atoms with Gasteiger partial charge in [-0.1, -0.05) is 49.4 Å². The minimum Gasteiger partial charge on any atom is -0.432 e. The number of amides is 3. The Morgan fingerprint density at radius 1 is 1.02 bits per heavy atom. The molecule has 0 aliphatic carbocycles. The van der Waals surface area contributed by atoms with Crippen molar-refractivity contribution >= 4 is 43.1 Å².